The van der Waals surface area contributed by atoms with Crippen LogP contribution in [0.1, 0.15) is 0 Å². The van der Waals surface area contributed by atoms with Crippen LogP contribution in [0, 0.1) is 0 Å². The zero-order valence-electron chi connectivity index (χ0n) is 9.39. The van der Waals surface area contributed by atoms with Gasteiger partial charge in [0.25, 0.3) is 0 Å². The van der Waals surface area contributed by atoms with Gasteiger partial charge in [-0.25, -0.2) is 9.97 Å². The number of nitrogens with two attached hydrogens (primary N) is 1. The third kappa shape index (κ3) is 3.04. The highest BCUT2D eigenvalue weighted by Gasteiger charge is 2.17. The SMILES string of the molecule is CN1CCOC(CNc2cnc(N)cn2)C1. The molecule has 1 fully saturated rings. The number of morpholine rings is 1. The number of hydrogen-bond donors (Lipinski definition) is 2. The van der Waals surface area contributed by atoms with Crippen molar-refractivity contribution >= 4 is 11.6 Å². The summed E-state index contributed by atoms with van der Waals surface area (Å²) in [6.07, 6.45) is 3.37. The second-order valence-corrected chi connectivity index (χ2v) is 3.96. The first-order valence-corrected chi connectivity index (χ1v) is 5.35. The normalized spacial score (nSPS) is 21.9. The van der Waals surface area contributed by atoms with Crippen LogP contribution in [0.5, 0.6) is 0 Å². The summed E-state index contributed by atoms with van der Waals surface area (Å²) in [6.45, 7) is 3.47. The minimum absolute atomic E-state index is 0.207. The molecule has 1 aliphatic heterocycles. The molecule has 3 N–H and O–H groups in total. The van der Waals surface area contributed by atoms with E-state index < -0.39 is 0 Å². The molecular formula is C10H17N5O. The Kier molecular flexibility index (Phi) is 3.53. The van der Waals surface area contributed by atoms with Crippen molar-refractivity contribution in [2.75, 3.05) is 44.3 Å². The zero-order valence-corrected chi connectivity index (χ0v) is 9.39. The number of nitrogen functional groups attached to an aromatic ring is 1. The van der Waals surface area contributed by atoms with Crippen molar-refractivity contribution in [1.29, 1.82) is 0 Å². The first kappa shape index (κ1) is 11.1. The maximum absolute atomic E-state index is 5.62. The van der Waals surface area contributed by atoms with Gasteiger partial charge in [-0.05, 0) is 7.05 Å². The molecule has 0 bridgehead atoms. The number of likely N-dealkylation sites (N-methyl/N-ethyl adjacent to an activating group) is 1. The molecule has 0 amide bonds. The second kappa shape index (κ2) is 5.09. The van der Waals surface area contributed by atoms with E-state index >= 15 is 0 Å². The Bertz CT molecular complexity index is 328. The monoisotopic (exact) mass is 223 g/mol. The predicted octanol–water partition coefficient (Wildman–Crippen LogP) is -0.199. The molecule has 0 spiro atoms. The first-order valence-electron chi connectivity index (χ1n) is 5.35. The highest BCUT2D eigenvalue weighted by Crippen LogP contribution is 2.06. The summed E-state index contributed by atoms with van der Waals surface area (Å²) in [7, 11) is 2.10. The minimum atomic E-state index is 0.207. The van der Waals surface area contributed by atoms with Gasteiger partial charge in [0.1, 0.15) is 11.6 Å². The summed E-state index contributed by atoms with van der Waals surface area (Å²) >= 11 is 0. The molecule has 1 aromatic rings. The number of nitrogens with zero attached hydrogens (tertiary/aromatic N) is 3. The lowest BCUT2D eigenvalue weighted by molar-refractivity contribution is -0.0117. The van der Waals surface area contributed by atoms with Crippen LogP contribution in [0.3, 0.4) is 0 Å². The molecule has 6 nitrogen and oxygen atoms in total. The maximum atomic E-state index is 5.62. The standard InChI is InChI=1S/C10H17N5O/c1-15-2-3-16-8(7-15)4-13-10-6-12-9(11)5-14-10/h5-6,8H,2-4,7H2,1H3,(H2,11,12)(H,13,14). The van der Waals surface area contributed by atoms with Crippen molar-refractivity contribution in [2.24, 2.45) is 0 Å². The molecule has 1 aromatic heterocycles. The Morgan fingerprint density at radius 3 is 3.12 bits per heavy atom. The lowest BCUT2D eigenvalue weighted by Crippen LogP contribution is -2.43. The largest absolute Gasteiger partial charge is 0.382 e. The van der Waals surface area contributed by atoms with E-state index in [2.05, 4.69) is 27.2 Å². The Hall–Kier alpha value is -1.40. The predicted molar refractivity (Wildman–Crippen MR) is 62.2 cm³/mol. The molecule has 1 saturated heterocycles. The van der Waals surface area contributed by atoms with E-state index in [4.69, 9.17) is 10.5 Å². The number of nitrogens with one attached hydrogen (secondary N) is 1. The van der Waals surface area contributed by atoms with Crippen LogP contribution in [0.2, 0.25) is 0 Å². The van der Waals surface area contributed by atoms with Crippen molar-refractivity contribution in [3.63, 3.8) is 0 Å². The van der Waals surface area contributed by atoms with Gasteiger partial charge in [-0.3, -0.25) is 0 Å². The smallest absolute Gasteiger partial charge is 0.144 e. The van der Waals surface area contributed by atoms with Gasteiger partial charge in [-0.1, -0.05) is 0 Å². The average molecular weight is 223 g/mol. The molecule has 1 unspecified atom stereocenters. The number of aromatic nitrogens is 2. The summed E-state index contributed by atoms with van der Waals surface area (Å²) in [5.41, 5.74) is 5.45. The molecule has 6 heteroatoms. The lowest BCUT2D eigenvalue weighted by atomic mass is 10.3. The second-order valence-electron chi connectivity index (χ2n) is 3.96. The van der Waals surface area contributed by atoms with E-state index in [9.17, 15) is 0 Å². The molecular weight excluding hydrogens is 206 g/mol. The molecule has 2 heterocycles. The average Bonchev–Trinajstić information content (AvgIpc) is 2.28. The molecule has 16 heavy (non-hydrogen) atoms. The van der Waals surface area contributed by atoms with Gasteiger partial charge in [0.05, 0.1) is 25.1 Å². The highest BCUT2D eigenvalue weighted by atomic mass is 16.5. The number of ether oxygens (including phenoxy) is 1. The van der Waals surface area contributed by atoms with Crippen LogP contribution >= 0.6 is 0 Å². The number of hydrogen-bond acceptors (Lipinski definition) is 6. The summed E-state index contributed by atoms with van der Waals surface area (Å²) in [5.74, 6) is 1.16. The van der Waals surface area contributed by atoms with E-state index in [0.29, 0.717) is 5.82 Å². The van der Waals surface area contributed by atoms with Crippen LogP contribution < -0.4 is 11.1 Å². The minimum Gasteiger partial charge on any atom is -0.382 e. The van der Waals surface area contributed by atoms with Crippen molar-refractivity contribution in [1.82, 2.24) is 14.9 Å². The van der Waals surface area contributed by atoms with Crippen molar-refractivity contribution in [3.05, 3.63) is 12.4 Å². The van der Waals surface area contributed by atoms with Crippen LogP contribution in [0.4, 0.5) is 11.6 Å². The summed E-state index contributed by atoms with van der Waals surface area (Å²) in [5, 5.41) is 3.18. The lowest BCUT2D eigenvalue weighted by Gasteiger charge is -2.30. The van der Waals surface area contributed by atoms with Crippen molar-refractivity contribution in [2.45, 2.75) is 6.10 Å². The highest BCUT2D eigenvalue weighted by molar-refractivity contribution is 5.35. The van der Waals surface area contributed by atoms with Gasteiger partial charge < -0.3 is 20.7 Å². The maximum Gasteiger partial charge on any atom is 0.144 e. The van der Waals surface area contributed by atoms with E-state index in [1.54, 1.807) is 6.20 Å². The van der Waals surface area contributed by atoms with E-state index in [0.717, 1.165) is 32.1 Å². The van der Waals surface area contributed by atoms with Gasteiger partial charge in [0.2, 0.25) is 0 Å². The Balaban J connectivity index is 1.80. The fraction of sp³-hybridized carbons (Fsp3) is 0.600. The van der Waals surface area contributed by atoms with E-state index in [1.807, 2.05) is 0 Å². The first-order chi connectivity index (χ1) is 7.74. The summed E-state index contributed by atoms with van der Waals surface area (Å²) in [6, 6.07) is 0. The molecule has 88 valence electrons. The quantitative estimate of drug-likeness (QED) is 0.739. The fourth-order valence-corrected chi connectivity index (χ4v) is 1.64. The van der Waals surface area contributed by atoms with E-state index in [1.165, 1.54) is 6.20 Å². The summed E-state index contributed by atoms with van der Waals surface area (Å²) in [4.78, 5) is 10.3. The van der Waals surface area contributed by atoms with Crippen LogP contribution in [0.25, 0.3) is 0 Å². The van der Waals surface area contributed by atoms with Crippen LogP contribution in [0.15, 0.2) is 12.4 Å². The Morgan fingerprint density at radius 2 is 2.44 bits per heavy atom. The van der Waals surface area contributed by atoms with Gasteiger partial charge >= 0.3 is 0 Å². The topological polar surface area (TPSA) is 76.3 Å². The number of rotatable bonds is 3. The molecule has 0 aliphatic carbocycles. The van der Waals surface area contributed by atoms with Gasteiger partial charge in [0, 0.05) is 19.6 Å². The van der Waals surface area contributed by atoms with Crippen molar-refractivity contribution in [3.8, 4) is 0 Å². The van der Waals surface area contributed by atoms with E-state index in [-0.39, 0.29) is 6.10 Å². The van der Waals surface area contributed by atoms with Gasteiger partial charge in [0.15, 0.2) is 0 Å². The zero-order chi connectivity index (χ0) is 11.4. The third-order valence-electron chi connectivity index (χ3n) is 2.52. The summed E-state index contributed by atoms with van der Waals surface area (Å²) < 4.78 is 5.62. The fourth-order valence-electron chi connectivity index (χ4n) is 1.64. The van der Waals surface area contributed by atoms with Crippen LogP contribution in [-0.2, 0) is 4.74 Å². The molecule has 2 rings (SSSR count). The molecule has 0 saturated carbocycles. The Labute approximate surface area is 94.8 Å². The molecule has 0 aromatic carbocycles. The molecule has 1 aliphatic rings. The number of anilines is 2. The molecule has 0 radical (unpaired) electrons. The third-order valence-corrected chi connectivity index (χ3v) is 2.52. The van der Waals surface area contributed by atoms with Crippen LogP contribution in [-0.4, -0.2) is 54.3 Å². The van der Waals surface area contributed by atoms with Gasteiger partial charge in [-0.2, -0.15) is 0 Å². The van der Waals surface area contributed by atoms with Gasteiger partial charge in [-0.15, -0.1) is 0 Å². The Morgan fingerprint density at radius 1 is 1.56 bits per heavy atom. The molecule has 1 atom stereocenters. The van der Waals surface area contributed by atoms with Crippen molar-refractivity contribution < 1.29 is 4.74 Å².